The van der Waals surface area contributed by atoms with Gasteiger partial charge in [0, 0.05) is 18.6 Å². The second-order valence-corrected chi connectivity index (χ2v) is 7.14. The van der Waals surface area contributed by atoms with Gasteiger partial charge < -0.3 is 10.2 Å². The zero-order valence-corrected chi connectivity index (χ0v) is 13.5. The van der Waals surface area contributed by atoms with Crippen molar-refractivity contribution in [1.82, 2.24) is 10.2 Å². The van der Waals surface area contributed by atoms with Crippen LogP contribution in [0.5, 0.6) is 0 Å². The van der Waals surface area contributed by atoms with Crippen molar-refractivity contribution in [3.63, 3.8) is 0 Å². The Kier molecular flexibility index (Phi) is 4.97. The van der Waals surface area contributed by atoms with E-state index in [0.29, 0.717) is 5.54 Å². The van der Waals surface area contributed by atoms with Crippen molar-refractivity contribution in [1.29, 1.82) is 0 Å². The quantitative estimate of drug-likeness (QED) is 0.914. The Labute approximate surface area is 129 Å². The van der Waals surface area contributed by atoms with Crippen LogP contribution in [0.1, 0.15) is 49.7 Å². The van der Waals surface area contributed by atoms with E-state index in [1.165, 1.54) is 82.3 Å². The highest BCUT2D eigenvalue weighted by Crippen LogP contribution is 2.30. The highest BCUT2D eigenvalue weighted by atomic mass is 15.2. The molecule has 0 atom stereocenters. The van der Waals surface area contributed by atoms with Gasteiger partial charge in [-0.05, 0) is 51.3 Å². The van der Waals surface area contributed by atoms with Gasteiger partial charge >= 0.3 is 0 Å². The summed E-state index contributed by atoms with van der Waals surface area (Å²) in [6.45, 7) is 7.14. The van der Waals surface area contributed by atoms with Crippen molar-refractivity contribution < 1.29 is 0 Å². The number of hydrogen-bond donors (Lipinski definition) is 1. The van der Waals surface area contributed by atoms with E-state index in [0.717, 1.165) is 0 Å². The van der Waals surface area contributed by atoms with Gasteiger partial charge in [-0.2, -0.15) is 0 Å². The molecule has 1 aromatic rings. The van der Waals surface area contributed by atoms with Gasteiger partial charge in [0.2, 0.25) is 0 Å². The number of aryl methyl sites for hydroxylation is 1. The first-order valence-corrected chi connectivity index (χ1v) is 8.79. The molecule has 1 aromatic carbocycles. The number of nitrogens with one attached hydrogen (secondary N) is 1. The summed E-state index contributed by atoms with van der Waals surface area (Å²) in [6.07, 6.45) is 9.53. The molecule has 1 aliphatic heterocycles. The van der Waals surface area contributed by atoms with Gasteiger partial charge in [-0.25, -0.2) is 0 Å². The average Bonchev–Trinajstić information content (AvgIpc) is 2.69. The fraction of sp³-hybridized carbons (Fsp3) is 0.684. The Morgan fingerprint density at radius 1 is 1.14 bits per heavy atom. The third-order valence-electron chi connectivity index (χ3n) is 5.29. The van der Waals surface area contributed by atoms with Gasteiger partial charge in [0.15, 0.2) is 0 Å². The second-order valence-electron chi connectivity index (χ2n) is 7.14. The van der Waals surface area contributed by atoms with E-state index in [9.17, 15) is 0 Å². The maximum atomic E-state index is 3.89. The summed E-state index contributed by atoms with van der Waals surface area (Å²) in [5.74, 6) is 0. The van der Waals surface area contributed by atoms with Crippen molar-refractivity contribution in [3.05, 3.63) is 35.4 Å². The molecule has 0 radical (unpaired) electrons. The molecule has 1 saturated heterocycles. The Hall–Kier alpha value is -0.860. The number of rotatable bonds is 3. The van der Waals surface area contributed by atoms with Crippen LogP contribution < -0.4 is 5.32 Å². The van der Waals surface area contributed by atoms with E-state index in [1.54, 1.807) is 0 Å². The summed E-state index contributed by atoms with van der Waals surface area (Å²) in [5.41, 5.74) is 3.31. The van der Waals surface area contributed by atoms with Crippen molar-refractivity contribution >= 4 is 0 Å². The highest BCUT2D eigenvalue weighted by molar-refractivity contribution is 5.22. The molecule has 21 heavy (non-hydrogen) atoms. The molecule has 1 N–H and O–H groups in total. The minimum atomic E-state index is 0.432. The molecule has 1 aliphatic carbocycles. The van der Waals surface area contributed by atoms with Crippen LogP contribution in [0.2, 0.25) is 0 Å². The van der Waals surface area contributed by atoms with Gasteiger partial charge in [-0.1, -0.05) is 49.1 Å². The maximum absolute atomic E-state index is 3.89. The Bertz CT molecular complexity index is 449. The van der Waals surface area contributed by atoms with Crippen molar-refractivity contribution in [2.75, 3.05) is 26.2 Å². The molecule has 1 saturated carbocycles. The summed E-state index contributed by atoms with van der Waals surface area (Å²) in [5, 5.41) is 3.89. The summed E-state index contributed by atoms with van der Waals surface area (Å²) in [4.78, 5) is 2.72. The largest absolute Gasteiger partial charge is 0.310 e. The Morgan fingerprint density at radius 3 is 2.81 bits per heavy atom. The van der Waals surface area contributed by atoms with Crippen LogP contribution in [0.4, 0.5) is 0 Å². The van der Waals surface area contributed by atoms with Gasteiger partial charge in [0.05, 0.1) is 0 Å². The highest BCUT2D eigenvalue weighted by Gasteiger charge is 2.34. The topological polar surface area (TPSA) is 15.3 Å². The van der Waals surface area contributed by atoms with E-state index in [1.807, 2.05) is 0 Å². The van der Waals surface area contributed by atoms with E-state index in [2.05, 4.69) is 41.4 Å². The van der Waals surface area contributed by atoms with Crippen molar-refractivity contribution in [2.45, 2.75) is 57.4 Å². The summed E-state index contributed by atoms with van der Waals surface area (Å²) in [7, 11) is 0. The molecule has 0 unspecified atom stereocenters. The first kappa shape index (κ1) is 15.1. The minimum absolute atomic E-state index is 0.432. The SMILES string of the molecule is Cc1cccc(CCN2CCCNC3(CCCCC3)C2)c1. The van der Waals surface area contributed by atoms with Crippen LogP contribution in [-0.2, 0) is 6.42 Å². The van der Waals surface area contributed by atoms with Gasteiger partial charge in [-0.3, -0.25) is 0 Å². The molecule has 2 aliphatic rings. The van der Waals surface area contributed by atoms with E-state index < -0.39 is 0 Å². The normalized spacial score (nSPS) is 23.1. The molecular weight excluding hydrogens is 256 g/mol. The molecule has 1 heterocycles. The molecule has 2 heteroatoms. The fourth-order valence-electron chi connectivity index (χ4n) is 4.13. The fourth-order valence-corrected chi connectivity index (χ4v) is 4.13. The molecule has 2 fully saturated rings. The van der Waals surface area contributed by atoms with E-state index in [-0.39, 0.29) is 0 Å². The maximum Gasteiger partial charge on any atom is 0.0308 e. The molecule has 0 amide bonds. The molecule has 0 bridgehead atoms. The predicted molar refractivity (Wildman–Crippen MR) is 89.8 cm³/mol. The predicted octanol–water partition coefficient (Wildman–Crippen LogP) is 3.54. The number of benzene rings is 1. The molecular formula is C19H30N2. The lowest BCUT2D eigenvalue weighted by atomic mass is 9.81. The van der Waals surface area contributed by atoms with Crippen molar-refractivity contribution in [2.24, 2.45) is 0 Å². The zero-order valence-electron chi connectivity index (χ0n) is 13.5. The van der Waals surface area contributed by atoms with Crippen molar-refractivity contribution in [3.8, 4) is 0 Å². The first-order valence-electron chi connectivity index (χ1n) is 8.79. The molecule has 3 rings (SSSR count). The summed E-state index contributed by atoms with van der Waals surface area (Å²) in [6, 6.07) is 9.00. The number of hydrogen-bond acceptors (Lipinski definition) is 2. The monoisotopic (exact) mass is 286 g/mol. The van der Waals surface area contributed by atoms with Gasteiger partial charge in [-0.15, -0.1) is 0 Å². The third-order valence-corrected chi connectivity index (χ3v) is 5.29. The second kappa shape index (κ2) is 6.93. The first-order chi connectivity index (χ1) is 10.3. The number of nitrogens with zero attached hydrogens (tertiary/aromatic N) is 1. The van der Waals surface area contributed by atoms with Crippen LogP contribution >= 0.6 is 0 Å². The van der Waals surface area contributed by atoms with Crippen LogP contribution in [-0.4, -0.2) is 36.6 Å². The molecule has 0 aromatic heterocycles. The van der Waals surface area contributed by atoms with Gasteiger partial charge in [0.1, 0.15) is 0 Å². The van der Waals surface area contributed by atoms with Crippen LogP contribution in [0.15, 0.2) is 24.3 Å². The summed E-state index contributed by atoms with van der Waals surface area (Å²) >= 11 is 0. The molecule has 1 spiro atoms. The Morgan fingerprint density at radius 2 is 2.00 bits per heavy atom. The lowest BCUT2D eigenvalue weighted by Gasteiger charge is -2.40. The van der Waals surface area contributed by atoms with Gasteiger partial charge in [0.25, 0.3) is 0 Å². The standard InChI is InChI=1S/C19H30N2/c1-17-7-5-8-18(15-17)9-14-21-13-6-12-20-19(16-21)10-3-2-4-11-19/h5,7-8,15,20H,2-4,6,9-14,16H2,1H3. The smallest absolute Gasteiger partial charge is 0.0308 e. The van der Waals surface area contributed by atoms with Crippen LogP contribution in [0.25, 0.3) is 0 Å². The third kappa shape index (κ3) is 4.08. The Balaban J connectivity index is 1.59. The lowest BCUT2D eigenvalue weighted by Crippen LogP contribution is -2.52. The van der Waals surface area contributed by atoms with Crippen LogP contribution in [0, 0.1) is 6.92 Å². The zero-order chi connectivity index (χ0) is 14.5. The van der Waals surface area contributed by atoms with E-state index in [4.69, 9.17) is 0 Å². The molecule has 116 valence electrons. The minimum Gasteiger partial charge on any atom is -0.310 e. The summed E-state index contributed by atoms with van der Waals surface area (Å²) < 4.78 is 0. The molecule has 2 nitrogen and oxygen atoms in total. The van der Waals surface area contributed by atoms with Crippen LogP contribution in [0.3, 0.4) is 0 Å². The van der Waals surface area contributed by atoms with E-state index >= 15 is 0 Å². The lowest BCUT2D eigenvalue weighted by molar-refractivity contribution is 0.165. The average molecular weight is 286 g/mol.